The van der Waals surface area contributed by atoms with Gasteiger partial charge in [-0.05, 0) is 30.9 Å². The number of amides is 3. The molecule has 1 aromatic carbocycles. The molecule has 27 heavy (non-hydrogen) atoms. The number of carbonyl (C=O) groups excluding carboxylic acids is 3. The Kier molecular flexibility index (Phi) is 6.95. The zero-order valence-electron chi connectivity index (χ0n) is 15.4. The zero-order valence-corrected chi connectivity index (χ0v) is 16.2. The van der Waals surface area contributed by atoms with Crippen LogP contribution in [0.25, 0.3) is 0 Å². The van der Waals surface area contributed by atoms with Crippen molar-refractivity contribution in [2.45, 2.75) is 43.5 Å². The lowest BCUT2D eigenvalue weighted by Gasteiger charge is -2.29. The molecule has 0 aromatic heterocycles. The van der Waals surface area contributed by atoms with Crippen molar-refractivity contribution >= 4 is 27.7 Å². The molecule has 0 saturated heterocycles. The standard InChI is InChI=1S/C18H24N2O6S/c1-12-7-3-5-9-14(12)19-18(23)20-16(21)11-26-17(22)13-8-4-6-10-15(13)27(2,24)25/h4,6,8,10,12,14H,3,5,7,9,11H2,1-2H3,(H2,19,20,21,23)/t12-,14+/m0/s1. The first kappa shape index (κ1) is 20.9. The molecule has 3 amide bonds. The fourth-order valence-corrected chi connectivity index (χ4v) is 3.94. The van der Waals surface area contributed by atoms with Crippen molar-refractivity contribution in [3.8, 4) is 0 Å². The molecule has 1 saturated carbocycles. The van der Waals surface area contributed by atoms with Gasteiger partial charge in [-0.2, -0.15) is 0 Å². The van der Waals surface area contributed by atoms with Gasteiger partial charge in [0, 0.05) is 12.3 Å². The molecular weight excluding hydrogens is 372 g/mol. The summed E-state index contributed by atoms with van der Waals surface area (Å²) in [5, 5.41) is 4.87. The van der Waals surface area contributed by atoms with E-state index in [9.17, 15) is 22.8 Å². The summed E-state index contributed by atoms with van der Waals surface area (Å²) in [5.41, 5.74) is -0.159. The number of esters is 1. The van der Waals surface area contributed by atoms with Gasteiger partial charge >= 0.3 is 12.0 Å². The van der Waals surface area contributed by atoms with Crippen LogP contribution in [-0.2, 0) is 19.4 Å². The number of urea groups is 1. The SMILES string of the molecule is C[C@H]1CCCC[C@H]1NC(=O)NC(=O)COC(=O)c1ccccc1S(C)(=O)=O. The molecule has 2 N–H and O–H groups in total. The molecule has 148 valence electrons. The molecule has 0 aliphatic heterocycles. The second-order valence-electron chi connectivity index (χ2n) is 6.73. The molecule has 1 aliphatic rings. The van der Waals surface area contributed by atoms with Crippen LogP contribution in [0.1, 0.15) is 43.0 Å². The first-order valence-corrected chi connectivity index (χ1v) is 10.6. The van der Waals surface area contributed by atoms with Crippen LogP contribution in [0.15, 0.2) is 29.2 Å². The van der Waals surface area contributed by atoms with Crippen molar-refractivity contribution in [1.29, 1.82) is 0 Å². The normalized spacial score (nSPS) is 19.8. The van der Waals surface area contributed by atoms with Crippen molar-refractivity contribution in [2.24, 2.45) is 5.92 Å². The number of sulfone groups is 1. The molecule has 0 radical (unpaired) electrons. The third kappa shape index (κ3) is 6.06. The van der Waals surface area contributed by atoms with Crippen molar-refractivity contribution in [1.82, 2.24) is 10.6 Å². The van der Waals surface area contributed by atoms with Gasteiger partial charge in [-0.3, -0.25) is 10.1 Å². The Morgan fingerprint density at radius 2 is 1.81 bits per heavy atom. The van der Waals surface area contributed by atoms with E-state index in [1.54, 1.807) is 0 Å². The Morgan fingerprint density at radius 1 is 1.15 bits per heavy atom. The van der Waals surface area contributed by atoms with Crippen molar-refractivity contribution in [3.05, 3.63) is 29.8 Å². The van der Waals surface area contributed by atoms with Crippen LogP contribution in [0.2, 0.25) is 0 Å². The minimum Gasteiger partial charge on any atom is -0.452 e. The lowest BCUT2D eigenvalue weighted by Crippen LogP contribution is -2.48. The van der Waals surface area contributed by atoms with E-state index < -0.39 is 34.4 Å². The van der Waals surface area contributed by atoms with Crippen LogP contribution in [0.5, 0.6) is 0 Å². The number of nitrogens with one attached hydrogen (secondary N) is 2. The van der Waals surface area contributed by atoms with Crippen LogP contribution in [-0.4, -0.2) is 45.2 Å². The quantitative estimate of drug-likeness (QED) is 0.731. The molecule has 0 heterocycles. The summed E-state index contributed by atoms with van der Waals surface area (Å²) in [5.74, 6) is -1.40. The van der Waals surface area contributed by atoms with Crippen molar-refractivity contribution in [3.63, 3.8) is 0 Å². The van der Waals surface area contributed by atoms with Crippen LogP contribution in [0.4, 0.5) is 4.79 Å². The zero-order chi connectivity index (χ0) is 20.0. The number of carbonyl (C=O) groups is 3. The van der Waals surface area contributed by atoms with Crippen LogP contribution >= 0.6 is 0 Å². The minimum absolute atomic E-state index is 0.00994. The van der Waals surface area contributed by atoms with Gasteiger partial charge in [0.15, 0.2) is 16.4 Å². The largest absolute Gasteiger partial charge is 0.452 e. The lowest BCUT2D eigenvalue weighted by molar-refractivity contribution is -0.123. The molecule has 8 nitrogen and oxygen atoms in total. The summed E-state index contributed by atoms with van der Waals surface area (Å²) < 4.78 is 28.3. The highest BCUT2D eigenvalue weighted by Crippen LogP contribution is 2.23. The van der Waals surface area contributed by atoms with Crippen LogP contribution in [0, 0.1) is 5.92 Å². The van der Waals surface area contributed by atoms with Gasteiger partial charge in [-0.1, -0.05) is 31.9 Å². The number of imide groups is 1. The molecule has 1 aliphatic carbocycles. The van der Waals surface area contributed by atoms with E-state index in [4.69, 9.17) is 4.74 Å². The molecule has 1 aromatic rings. The van der Waals surface area contributed by atoms with E-state index in [1.165, 1.54) is 24.3 Å². The van der Waals surface area contributed by atoms with Gasteiger partial charge in [-0.25, -0.2) is 18.0 Å². The highest BCUT2D eigenvalue weighted by molar-refractivity contribution is 7.90. The molecule has 2 atom stereocenters. The number of benzene rings is 1. The summed E-state index contributed by atoms with van der Waals surface area (Å²) in [4.78, 5) is 35.6. The third-order valence-electron chi connectivity index (χ3n) is 4.52. The predicted octanol–water partition coefficient (Wildman–Crippen LogP) is 1.65. The predicted molar refractivity (Wildman–Crippen MR) is 97.9 cm³/mol. The second-order valence-corrected chi connectivity index (χ2v) is 8.72. The van der Waals surface area contributed by atoms with Crippen LogP contribution in [0.3, 0.4) is 0 Å². The van der Waals surface area contributed by atoms with E-state index in [-0.39, 0.29) is 16.5 Å². The summed E-state index contributed by atoms with van der Waals surface area (Å²) in [7, 11) is -3.62. The average molecular weight is 396 g/mol. The lowest BCUT2D eigenvalue weighted by atomic mass is 9.86. The summed E-state index contributed by atoms with van der Waals surface area (Å²) in [6, 6.07) is 4.93. The Labute approximate surface area is 158 Å². The fraction of sp³-hybridized carbons (Fsp3) is 0.500. The molecular formula is C18H24N2O6S. The van der Waals surface area contributed by atoms with E-state index in [2.05, 4.69) is 10.6 Å². The van der Waals surface area contributed by atoms with E-state index >= 15 is 0 Å². The minimum atomic E-state index is -3.62. The summed E-state index contributed by atoms with van der Waals surface area (Å²) >= 11 is 0. The molecule has 0 unspecified atom stereocenters. The monoisotopic (exact) mass is 396 g/mol. The Balaban J connectivity index is 1.87. The van der Waals surface area contributed by atoms with Gasteiger partial charge < -0.3 is 10.1 Å². The number of ether oxygens (including phenoxy) is 1. The summed E-state index contributed by atoms with van der Waals surface area (Å²) in [6.07, 6.45) is 5.02. The van der Waals surface area contributed by atoms with E-state index in [0.29, 0.717) is 5.92 Å². The number of hydrogen-bond acceptors (Lipinski definition) is 6. The van der Waals surface area contributed by atoms with Gasteiger partial charge in [0.2, 0.25) is 0 Å². The maximum atomic E-state index is 12.1. The molecule has 2 rings (SSSR count). The maximum Gasteiger partial charge on any atom is 0.339 e. The molecule has 1 fully saturated rings. The van der Waals surface area contributed by atoms with E-state index in [1.807, 2.05) is 6.92 Å². The smallest absolute Gasteiger partial charge is 0.339 e. The van der Waals surface area contributed by atoms with Crippen molar-refractivity contribution < 1.29 is 27.5 Å². The third-order valence-corrected chi connectivity index (χ3v) is 5.68. The van der Waals surface area contributed by atoms with Crippen LogP contribution < -0.4 is 10.6 Å². The maximum absolute atomic E-state index is 12.1. The van der Waals surface area contributed by atoms with Gasteiger partial charge in [0.05, 0.1) is 10.5 Å². The number of rotatable bonds is 5. The van der Waals surface area contributed by atoms with Crippen molar-refractivity contribution in [2.75, 3.05) is 12.9 Å². The highest BCUT2D eigenvalue weighted by Gasteiger charge is 2.24. The number of hydrogen-bond donors (Lipinski definition) is 2. The molecule has 0 bridgehead atoms. The van der Waals surface area contributed by atoms with Gasteiger partial charge in [0.1, 0.15) is 0 Å². The highest BCUT2D eigenvalue weighted by atomic mass is 32.2. The van der Waals surface area contributed by atoms with Gasteiger partial charge in [-0.15, -0.1) is 0 Å². The second kappa shape index (κ2) is 8.98. The first-order valence-electron chi connectivity index (χ1n) is 8.75. The van der Waals surface area contributed by atoms with Gasteiger partial charge in [0.25, 0.3) is 5.91 Å². The van der Waals surface area contributed by atoms with E-state index in [0.717, 1.165) is 31.9 Å². The average Bonchev–Trinajstić information content (AvgIpc) is 2.61. The molecule has 9 heteroatoms. The summed E-state index contributed by atoms with van der Waals surface area (Å²) in [6.45, 7) is 1.36. The Morgan fingerprint density at radius 3 is 2.48 bits per heavy atom. The Bertz CT molecular complexity index is 821. The Hall–Kier alpha value is -2.42. The first-order chi connectivity index (χ1) is 12.7. The fourth-order valence-electron chi connectivity index (χ4n) is 3.07. The molecule has 0 spiro atoms. The topological polar surface area (TPSA) is 119 Å².